The number of allylic oxidation sites excluding steroid dienone is 3. The molecule has 0 radical (unpaired) electrons. The highest BCUT2D eigenvalue weighted by Crippen LogP contribution is 2.45. The number of nitrogens with zero attached hydrogens (tertiary/aromatic N) is 2. The Morgan fingerprint density at radius 3 is 2.54 bits per heavy atom. The van der Waals surface area contributed by atoms with Gasteiger partial charge in [0.2, 0.25) is 11.4 Å². The van der Waals surface area contributed by atoms with Crippen LogP contribution in [0.15, 0.2) is 85.3 Å². The molecule has 0 spiro atoms. The fourth-order valence-corrected chi connectivity index (χ4v) is 5.87. The van der Waals surface area contributed by atoms with Gasteiger partial charge in [-0.1, -0.05) is 30.4 Å². The van der Waals surface area contributed by atoms with Gasteiger partial charge in [0.1, 0.15) is 11.7 Å². The molecule has 5 rings (SSSR count). The third-order valence-corrected chi connectivity index (χ3v) is 7.32. The van der Waals surface area contributed by atoms with E-state index in [1.165, 1.54) is 28.0 Å². The normalized spacial score (nSPS) is 20.9. The molecule has 4 heterocycles. The second-order valence-corrected chi connectivity index (χ2v) is 9.79. The maximum absolute atomic E-state index is 7.90. The molecule has 2 atom stereocenters. The largest absolute Gasteiger partial charge is 0.444 e. The Hall–Kier alpha value is -3.79. The van der Waals surface area contributed by atoms with Gasteiger partial charge in [0.25, 0.3) is 0 Å². The monoisotopic (exact) mass is 463 g/mol. The highest BCUT2D eigenvalue weighted by molar-refractivity contribution is 5.81. The number of hydrogen-bond donors (Lipinski definition) is 1. The van der Waals surface area contributed by atoms with E-state index in [0.717, 1.165) is 35.5 Å². The molecule has 2 aliphatic rings. The van der Waals surface area contributed by atoms with Crippen LogP contribution in [0, 0.1) is 19.3 Å². The molecule has 3 aromatic rings. The molecule has 0 saturated heterocycles. The standard InChI is InChI=1S/C31H33N3O/c1-19-14-16-27-25-11-7-8-12-26(25)31-22(4)34-21(3)10-9-13-29(34)30(23(5)35-24(6)32)20(2)15-17-28(31)33(27)18-19/h7-14,16,18,28,31-32H,4-5,15,17H2,1-3,6H3/q+2/b30-20-,32-24?. The third-order valence-electron chi connectivity index (χ3n) is 7.32. The molecule has 0 fully saturated rings. The van der Waals surface area contributed by atoms with Crippen LogP contribution < -0.4 is 9.13 Å². The highest BCUT2D eigenvalue weighted by atomic mass is 16.5. The summed E-state index contributed by atoms with van der Waals surface area (Å²) >= 11 is 0. The van der Waals surface area contributed by atoms with Crippen LogP contribution in [0.5, 0.6) is 0 Å². The molecule has 2 unspecified atom stereocenters. The van der Waals surface area contributed by atoms with Crippen molar-refractivity contribution in [1.82, 2.24) is 0 Å². The van der Waals surface area contributed by atoms with E-state index in [9.17, 15) is 0 Å². The first-order valence-corrected chi connectivity index (χ1v) is 12.2. The number of ether oxygens (including phenoxy) is 1. The number of nitrogens with one attached hydrogen (secondary N) is 1. The van der Waals surface area contributed by atoms with Crippen molar-refractivity contribution in [3.05, 3.63) is 108 Å². The van der Waals surface area contributed by atoms with Gasteiger partial charge in [-0.05, 0) is 50.6 Å². The van der Waals surface area contributed by atoms with Gasteiger partial charge in [0, 0.05) is 44.0 Å². The Kier molecular flexibility index (Phi) is 5.76. The quantitative estimate of drug-likeness (QED) is 0.202. The molecule has 0 saturated carbocycles. The van der Waals surface area contributed by atoms with Gasteiger partial charge in [-0.3, -0.25) is 5.41 Å². The first-order chi connectivity index (χ1) is 16.8. The second-order valence-electron chi connectivity index (χ2n) is 9.79. The maximum atomic E-state index is 7.90. The second kappa shape index (κ2) is 8.77. The van der Waals surface area contributed by atoms with Crippen molar-refractivity contribution in [3.8, 4) is 11.3 Å². The topological polar surface area (TPSA) is 40.8 Å². The van der Waals surface area contributed by atoms with Crippen LogP contribution in [0.3, 0.4) is 0 Å². The van der Waals surface area contributed by atoms with Crippen molar-refractivity contribution in [2.24, 2.45) is 0 Å². The van der Waals surface area contributed by atoms with Crippen molar-refractivity contribution in [2.45, 2.75) is 52.5 Å². The first-order valence-electron chi connectivity index (χ1n) is 12.2. The van der Waals surface area contributed by atoms with E-state index in [-0.39, 0.29) is 17.9 Å². The first kappa shape index (κ1) is 23.0. The third kappa shape index (κ3) is 3.83. The molecule has 0 bridgehead atoms. The van der Waals surface area contributed by atoms with Crippen LogP contribution in [-0.4, -0.2) is 5.90 Å². The number of aromatic nitrogens is 2. The molecule has 4 heteroatoms. The molecule has 1 N–H and O–H groups in total. The van der Waals surface area contributed by atoms with E-state index in [1.807, 2.05) is 0 Å². The smallest absolute Gasteiger partial charge is 0.222 e. The number of hydrogen-bond acceptors (Lipinski definition) is 2. The average Bonchev–Trinajstić information content (AvgIpc) is 2.85. The number of fused-ring (bicyclic) bond motifs is 7. The minimum Gasteiger partial charge on any atom is -0.444 e. The molecular formula is C31H33N3O+2. The molecule has 35 heavy (non-hydrogen) atoms. The Labute approximate surface area is 208 Å². The molecular weight excluding hydrogens is 430 g/mol. The maximum Gasteiger partial charge on any atom is 0.222 e. The fraction of sp³-hybridized carbons (Fsp3) is 0.258. The summed E-state index contributed by atoms with van der Waals surface area (Å²) in [4.78, 5) is 0. The summed E-state index contributed by atoms with van der Waals surface area (Å²) in [7, 11) is 0. The average molecular weight is 464 g/mol. The van der Waals surface area contributed by atoms with Gasteiger partial charge in [0.05, 0.1) is 11.1 Å². The Balaban J connectivity index is 1.79. The highest BCUT2D eigenvalue weighted by Gasteiger charge is 2.46. The van der Waals surface area contributed by atoms with Gasteiger partial charge in [0.15, 0.2) is 29.5 Å². The molecule has 0 aliphatic carbocycles. The minimum atomic E-state index is 0.112. The van der Waals surface area contributed by atoms with Gasteiger partial charge >= 0.3 is 0 Å². The lowest BCUT2D eigenvalue weighted by molar-refractivity contribution is -0.721. The molecule has 2 aromatic heterocycles. The van der Waals surface area contributed by atoms with Crippen molar-refractivity contribution in [2.75, 3.05) is 0 Å². The van der Waals surface area contributed by atoms with Crippen molar-refractivity contribution in [3.63, 3.8) is 0 Å². The summed E-state index contributed by atoms with van der Waals surface area (Å²) in [5, 5.41) is 7.90. The predicted molar refractivity (Wildman–Crippen MR) is 141 cm³/mol. The van der Waals surface area contributed by atoms with Crippen LogP contribution in [0.1, 0.15) is 61.2 Å². The van der Waals surface area contributed by atoms with Crippen LogP contribution in [0.25, 0.3) is 22.5 Å². The Morgan fingerprint density at radius 1 is 1.00 bits per heavy atom. The Bertz CT molecular complexity index is 1430. The lowest BCUT2D eigenvalue weighted by atomic mass is 9.79. The SMILES string of the molecule is C=C(OC(C)=N)/C1=C(\C)CCC2C(C(=C)[n+]3c(C)cccc31)c1ccccc1-c1ccc(C)c[n+]12. The molecule has 2 aliphatic heterocycles. The zero-order valence-electron chi connectivity index (χ0n) is 21.1. The number of pyridine rings is 2. The number of aryl methyl sites for hydroxylation is 2. The van der Waals surface area contributed by atoms with Gasteiger partial charge in [-0.25, -0.2) is 0 Å². The van der Waals surface area contributed by atoms with Gasteiger partial charge in [-0.15, -0.1) is 0 Å². The van der Waals surface area contributed by atoms with E-state index in [2.05, 4.69) is 97.3 Å². The summed E-state index contributed by atoms with van der Waals surface area (Å²) < 4.78 is 10.5. The minimum absolute atomic E-state index is 0.112. The van der Waals surface area contributed by atoms with Crippen LogP contribution in [0.4, 0.5) is 0 Å². The number of rotatable bonds is 2. The van der Waals surface area contributed by atoms with E-state index in [4.69, 9.17) is 16.7 Å². The van der Waals surface area contributed by atoms with Crippen LogP contribution >= 0.6 is 0 Å². The van der Waals surface area contributed by atoms with Crippen LogP contribution in [-0.2, 0) is 4.74 Å². The van der Waals surface area contributed by atoms with Crippen molar-refractivity contribution < 1.29 is 13.9 Å². The van der Waals surface area contributed by atoms with Crippen LogP contribution in [0.2, 0.25) is 0 Å². The van der Waals surface area contributed by atoms with E-state index >= 15 is 0 Å². The van der Waals surface area contributed by atoms with Crippen molar-refractivity contribution >= 4 is 17.2 Å². The summed E-state index contributed by atoms with van der Waals surface area (Å²) in [6, 6.07) is 19.7. The number of benzene rings is 1. The summed E-state index contributed by atoms with van der Waals surface area (Å²) in [6.07, 6.45) is 4.14. The zero-order chi connectivity index (χ0) is 24.9. The van der Waals surface area contributed by atoms with E-state index in [1.54, 1.807) is 6.92 Å². The summed E-state index contributed by atoms with van der Waals surface area (Å²) in [5.41, 5.74) is 10.4. The van der Waals surface area contributed by atoms with Crippen molar-refractivity contribution in [1.29, 1.82) is 5.41 Å². The molecule has 0 amide bonds. The molecule has 1 aromatic carbocycles. The van der Waals surface area contributed by atoms with Gasteiger partial charge < -0.3 is 4.74 Å². The summed E-state index contributed by atoms with van der Waals surface area (Å²) in [6.45, 7) is 17.0. The van der Waals surface area contributed by atoms with E-state index in [0.29, 0.717) is 5.76 Å². The Morgan fingerprint density at radius 2 is 1.77 bits per heavy atom. The van der Waals surface area contributed by atoms with E-state index < -0.39 is 0 Å². The predicted octanol–water partition coefficient (Wildman–Crippen LogP) is 6.45. The van der Waals surface area contributed by atoms with Gasteiger partial charge in [-0.2, -0.15) is 9.13 Å². The summed E-state index contributed by atoms with van der Waals surface area (Å²) in [5.74, 6) is 0.758. The zero-order valence-corrected chi connectivity index (χ0v) is 21.1. The molecule has 176 valence electrons. The fourth-order valence-electron chi connectivity index (χ4n) is 5.87. The molecule has 4 nitrogen and oxygen atoms in total. The lowest BCUT2D eigenvalue weighted by Crippen LogP contribution is -2.51. The lowest BCUT2D eigenvalue weighted by Gasteiger charge is -2.29.